The topological polar surface area (TPSA) is 72.9 Å². The molecule has 124 valence electrons. The van der Waals surface area contributed by atoms with Crippen LogP contribution in [0.1, 0.15) is 34.7 Å². The highest BCUT2D eigenvalue weighted by molar-refractivity contribution is 5.88. The standard InChI is InChI=1S/C18H20N4O2/c1-12-10-13(2)22(20-12)11-14(3)21-9-8-19-17(21)15-4-6-16(7-5-15)18(23)24/h4-10,14H,11H2,1-3H3,(H,23,24)/t14-/m0/s1. The number of carboxylic acid groups (broad SMARTS) is 1. The number of aromatic carboxylic acids is 1. The van der Waals surface area contributed by atoms with Gasteiger partial charge in [0, 0.05) is 23.7 Å². The van der Waals surface area contributed by atoms with Gasteiger partial charge >= 0.3 is 5.97 Å². The second-order valence-corrected chi connectivity index (χ2v) is 6.00. The summed E-state index contributed by atoms with van der Waals surface area (Å²) in [7, 11) is 0. The second-order valence-electron chi connectivity index (χ2n) is 6.00. The summed E-state index contributed by atoms with van der Waals surface area (Å²) in [6.45, 7) is 6.90. The van der Waals surface area contributed by atoms with Gasteiger partial charge in [-0.15, -0.1) is 0 Å². The molecule has 1 atom stereocenters. The van der Waals surface area contributed by atoms with Crippen LogP contribution in [0.25, 0.3) is 11.4 Å². The predicted molar refractivity (Wildman–Crippen MR) is 91.0 cm³/mol. The highest BCUT2D eigenvalue weighted by Gasteiger charge is 2.14. The van der Waals surface area contributed by atoms with Crippen molar-refractivity contribution in [1.29, 1.82) is 0 Å². The van der Waals surface area contributed by atoms with Gasteiger partial charge in [-0.05, 0) is 39.0 Å². The maximum Gasteiger partial charge on any atom is 0.335 e. The van der Waals surface area contributed by atoms with Crippen molar-refractivity contribution >= 4 is 5.97 Å². The Hall–Kier alpha value is -2.89. The lowest BCUT2D eigenvalue weighted by Crippen LogP contribution is -2.15. The molecule has 24 heavy (non-hydrogen) atoms. The molecule has 0 bridgehead atoms. The van der Waals surface area contributed by atoms with Crippen LogP contribution in [-0.4, -0.2) is 30.4 Å². The Morgan fingerprint density at radius 3 is 2.54 bits per heavy atom. The first-order valence-electron chi connectivity index (χ1n) is 7.83. The molecule has 0 amide bonds. The number of carbonyl (C=O) groups is 1. The number of carboxylic acids is 1. The van der Waals surface area contributed by atoms with E-state index in [2.05, 4.69) is 27.6 Å². The fourth-order valence-electron chi connectivity index (χ4n) is 2.85. The zero-order valence-corrected chi connectivity index (χ0v) is 14.0. The van der Waals surface area contributed by atoms with Crippen LogP contribution in [0.2, 0.25) is 0 Å². The van der Waals surface area contributed by atoms with Crippen molar-refractivity contribution in [2.45, 2.75) is 33.4 Å². The molecule has 0 spiro atoms. The third-order valence-electron chi connectivity index (χ3n) is 4.07. The molecule has 2 aromatic heterocycles. The Morgan fingerprint density at radius 1 is 1.25 bits per heavy atom. The van der Waals surface area contributed by atoms with Crippen molar-refractivity contribution in [3.8, 4) is 11.4 Å². The van der Waals surface area contributed by atoms with E-state index in [0.29, 0.717) is 0 Å². The molecule has 0 saturated carbocycles. The molecule has 3 aromatic rings. The van der Waals surface area contributed by atoms with Gasteiger partial charge in [-0.1, -0.05) is 12.1 Å². The van der Waals surface area contributed by atoms with Crippen molar-refractivity contribution in [2.75, 3.05) is 0 Å². The Kier molecular flexibility index (Phi) is 4.20. The van der Waals surface area contributed by atoms with E-state index in [0.717, 1.165) is 29.3 Å². The van der Waals surface area contributed by atoms with Crippen molar-refractivity contribution in [2.24, 2.45) is 0 Å². The molecule has 0 fully saturated rings. The summed E-state index contributed by atoms with van der Waals surface area (Å²) in [5.74, 6) is -0.108. The van der Waals surface area contributed by atoms with E-state index in [-0.39, 0.29) is 11.6 Å². The van der Waals surface area contributed by atoms with Crippen LogP contribution in [0.3, 0.4) is 0 Å². The zero-order valence-electron chi connectivity index (χ0n) is 14.0. The number of aryl methyl sites for hydroxylation is 2. The summed E-state index contributed by atoms with van der Waals surface area (Å²) >= 11 is 0. The highest BCUT2D eigenvalue weighted by Crippen LogP contribution is 2.23. The van der Waals surface area contributed by atoms with Crippen LogP contribution in [0.4, 0.5) is 0 Å². The van der Waals surface area contributed by atoms with E-state index >= 15 is 0 Å². The number of nitrogens with zero attached hydrogens (tertiary/aromatic N) is 4. The minimum Gasteiger partial charge on any atom is -0.478 e. The Labute approximate surface area is 140 Å². The number of benzene rings is 1. The second kappa shape index (κ2) is 6.31. The van der Waals surface area contributed by atoms with Crippen LogP contribution in [-0.2, 0) is 6.54 Å². The third-order valence-corrected chi connectivity index (χ3v) is 4.07. The molecule has 3 rings (SSSR count). The fraction of sp³-hybridized carbons (Fsp3) is 0.278. The maximum atomic E-state index is 11.0. The zero-order chi connectivity index (χ0) is 17.3. The first-order valence-corrected chi connectivity index (χ1v) is 7.83. The van der Waals surface area contributed by atoms with E-state index in [9.17, 15) is 4.79 Å². The molecule has 0 aliphatic rings. The number of rotatable bonds is 5. The van der Waals surface area contributed by atoms with E-state index in [1.807, 2.05) is 24.7 Å². The summed E-state index contributed by atoms with van der Waals surface area (Å²) in [6, 6.07) is 9.01. The Balaban J connectivity index is 1.86. The molecule has 2 heterocycles. The molecular formula is C18H20N4O2. The van der Waals surface area contributed by atoms with Gasteiger partial charge < -0.3 is 9.67 Å². The van der Waals surface area contributed by atoms with Crippen LogP contribution in [0.15, 0.2) is 42.7 Å². The molecule has 0 saturated heterocycles. The largest absolute Gasteiger partial charge is 0.478 e. The lowest BCUT2D eigenvalue weighted by atomic mass is 10.1. The monoisotopic (exact) mass is 324 g/mol. The molecular weight excluding hydrogens is 304 g/mol. The number of aromatic nitrogens is 4. The van der Waals surface area contributed by atoms with Crippen LogP contribution in [0, 0.1) is 13.8 Å². The molecule has 1 N–H and O–H groups in total. The quantitative estimate of drug-likeness (QED) is 0.781. The molecule has 0 radical (unpaired) electrons. The van der Waals surface area contributed by atoms with Gasteiger partial charge in [0.05, 0.1) is 23.8 Å². The van der Waals surface area contributed by atoms with Crippen molar-refractivity contribution < 1.29 is 9.90 Å². The summed E-state index contributed by atoms with van der Waals surface area (Å²) in [6.07, 6.45) is 3.70. The van der Waals surface area contributed by atoms with Crippen LogP contribution < -0.4 is 0 Å². The normalized spacial score (nSPS) is 12.3. The van der Waals surface area contributed by atoms with Gasteiger partial charge in [0.2, 0.25) is 0 Å². The summed E-state index contributed by atoms with van der Waals surface area (Å²) in [5, 5.41) is 13.5. The average molecular weight is 324 g/mol. The first-order chi connectivity index (χ1) is 11.5. The number of hydrogen-bond donors (Lipinski definition) is 1. The fourth-order valence-corrected chi connectivity index (χ4v) is 2.85. The minimum absolute atomic E-state index is 0.166. The number of imidazole rings is 1. The van der Waals surface area contributed by atoms with Crippen LogP contribution >= 0.6 is 0 Å². The van der Waals surface area contributed by atoms with Gasteiger partial charge in [0.15, 0.2) is 0 Å². The lowest BCUT2D eigenvalue weighted by molar-refractivity contribution is 0.0697. The van der Waals surface area contributed by atoms with E-state index in [1.54, 1.807) is 30.5 Å². The molecule has 0 aliphatic carbocycles. The summed E-state index contributed by atoms with van der Waals surface area (Å²) in [4.78, 5) is 15.4. The van der Waals surface area contributed by atoms with Crippen molar-refractivity contribution in [1.82, 2.24) is 19.3 Å². The summed E-state index contributed by atoms with van der Waals surface area (Å²) < 4.78 is 4.09. The molecule has 1 aromatic carbocycles. The van der Waals surface area contributed by atoms with E-state index in [1.165, 1.54) is 0 Å². The molecule has 0 aliphatic heterocycles. The maximum absolute atomic E-state index is 11.0. The van der Waals surface area contributed by atoms with Crippen molar-refractivity contribution in [3.05, 3.63) is 59.7 Å². The van der Waals surface area contributed by atoms with Crippen LogP contribution in [0.5, 0.6) is 0 Å². The van der Waals surface area contributed by atoms with E-state index in [4.69, 9.17) is 5.11 Å². The smallest absolute Gasteiger partial charge is 0.335 e. The average Bonchev–Trinajstić information content (AvgIpc) is 3.14. The van der Waals surface area contributed by atoms with Gasteiger partial charge in [-0.2, -0.15) is 5.10 Å². The Morgan fingerprint density at radius 2 is 1.96 bits per heavy atom. The molecule has 6 nitrogen and oxygen atoms in total. The molecule has 6 heteroatoms. The Bertz CT molecular complexity index is 862. The SMILES string of the molecule is Cc1cc(C)n(C[C@H](C)n2ccnc2-c2ccc(C(=O)O)cc2)n1. The van der Waals surface area contributed by atoms with Gasteiger partial charge in [-0.25, -0.2) is 9.78 Å². The first kappa shape index (κ1) is 16.0. The van der Waals surface area contributed by atoms with Gasteiger partial charge in [-0.3, -0.25) is 4.68 Å². The van der Waals surface area contributed by atoms with Crippen molar-refractivity contribution in [3.63, 3.8) is 0 Å². The highest BCUT2D eigenvalue weighted by atomic mass is 16.4. The number of hydrogen-bond acceptors (Lipinski definition) is 3. The third kappa shape index (κ3) is 3.08. The van der Waals surface area contributed by atoms with Gasteiger partial charge in [0.25, 0.3) is 0 Å². The lowest BCUT2D eigenvalue weighted by Gasteiger charge is -2.17. The van der Waals surface area contributed by atoms with Gasteiger partial charge in [0.1, 0.15) is 5.82 Å². The predicted octanol–water partition coefficient (Wildman–Crippen LogP) is 3.32. The minimum atomic E-state index is -0.928. The summed E-state index contributed by atoms with van der Waals surface area (Å²) in [5.41, 5.74) is 3.31. The van der Waals surface area contributed by atoms with E-state index < -0.39 is 5.97 Å². The molecule has 0 unspecified atom stereocenters.